The molecule has 0 N–H and O–H groups in total. The zero-order valence-electron chi connectivity index (χ0n) is 8.02. The summed E-state index contributed by atoms with van der Waals surface area (Å²) in [5.41, 5.74) is -2.39. The van der Waals surface area contributed by atoms with Crippen LogP contribution in [-0.4, -0.2) is 23.0 Å². The first kappa shape index (κ1) is 12.0. The number of ether oxygens (including phenoxy) is 1. The van der Waals surface area contributed by atoms with Crippen LogP contribution in [0, 0.1) is 10.1 Å². The smallest absolute Gasteiger partial charge is 0.345 e. The van der Waals surface area contributed by atoms with Crippen LogP contribution in [0.4, 0.5) is 14.5 Å². The highest BCUT2D eigenvalue weighted by atomic mass is 19.3. The van der Waals surface area contributed by atoms with E-state index in [4.69, 9.17) is 0 Å². The van der Waals surface area contributed by atoms with Crippen molar-refractivity contribution in [3.8, 4) is 0 Å². The number of methoxy groups -OCH3 is 1. The van der Waals surface area contributed by atoms with E-state index < -0.39 is 34.1 Å². The van der Waals surface area contributed by atoms with E-state index in [1.54, 1.807) is 0 Å². The van der Waals surface area contributed by atoms with Gasteiger partial charge in [0.25, 0.3) is 6.43 Å². The number of aromatic nitrogens is 1. The van der Waals surface area contributed by atoms with Crippen molar-refractivity contribution >= 4 is 11.7 Å². The lowest BCUT2D eigenvalue weighted by molar-refractivity contribution is -0.385. The first-order chi connectivity index (χ1) is 7.49. The normalized spacial score (nSPS) is 10.2. The molecule has 1 heterocycles. The molecule has 0 spiro atoms. The Labute approximate surface area is 88.0 Å². The topological polar surface area (TPSA) is 82.3 Å². The van der Waals surface area contributed by atoms with Gasteiger partial charge in [-0.3, -0.25) is 15.1 Å². The lowest BCUT2D eigenvalue weighted by Gasteiger charge is -2.06. The van der Waals surface area contributed by atoms with Crippen LogP contribution < -0.4 is 0 Å². The maximum Gasteiger partial charge on any atom is 0.345 e. The molecule has 0 atom stereocenters. The van der Waals surface area contributed by atoms with Crippen molar-refractivity contribution in [2.24, 2.45) is 0 Å². The molecule has 1 aromatic heterocycles. The molecule has 0 aliphatic heterocycles. The van der Waals surface area contributed by atoms with E-state index >= 15 is 0 Å². The number of rotatable bonds is 3. The fraction of sp³-hybridized carbons (Fsp3) is 0.250. The molecule has 6 nitrogen and oxygen atoms in total. The molecule has 1 rings (SSSR count). The highest BCUT2D eigenvalue weighted by Crippen LogP contribution is 2.28. The highest BCUT2D eigenvalue weighted by molar-refractivity contribution is 5.95. The number of halogens is 2. The third kappa shape index (κ3) is 2.10. The Balaban J connectivity index is 3.47. The second-order valence-electron chi connectivity index (χ2n) is 2.67. The molecule has 0 amide bonds. The van der Waals surface area contributed by atoms with Crippen LogP contribution in [0.5, 0.6) is 0 Å². The minimum Gasteiger partial charge on any atom is -0.465 e. The molecule has 16 heavy (non-hydrogen) atoms. The second-order valence-corrected chi connectivity index (χ2v) is 2.67. The van der Waals surface area contributed by atoms with Crippen LogP contribution in [0.3, 0.4) is 0 Å². The first-order valence-electron chi connectivity index (χ1n) is 3.97. The fourth-order valence-corrected chi connectivity index (χ4v) is 1.09. The molecule has 0 unspecified atom stereocenters. The Kier molecular flexibility index (Phi) is 3.44. The van der Waals surface area contributed by atoms with E-state index in [1.807, 2.05) is 0 Å². The largest absolute Gasteiger partial charge is 0.465 e. The van der Waals surface area contributed by atoms with Crippen LogP contribution in [0.15, 0.2) is 12.4 Å². The van der Waals surface area contributed by atoms with Crippen molar-refractivity contribution in [1.82, 2.24) is 4.98 Å². The van der Waals surface area contributed by atoms with Gasteiger partial charge in [0, 0.05) is 6.20 Å². The number of nitrogens with zero attached hydrogens (tertiary/aromatic N) is 2. The van der Waals surface area contributed by atoms with E-state index in [9.17, 15) is 23.7 Å². The quantitative estimate of drug-likeness (QED) is 0.450. The van der Waals surface area contributed by atoms with Crippen molar-refractivity contribution in [1.29, 1.82) is 0 Å². The van der Waals surface area contributed by atoms with Gasteiger partial charge in [0.2, 0.25) is 0 Å². The summed E-state index contributed by atoms with van der Waals surface area (Å²) in [7, 11) is 0.946. The summed E-state index contributed by atoms with van der Waals surface area (Å²) in [4.78, 5) is 24.0. The number of esters is 1. The van der Waals surface area contributed by atoms with Crippen LogP contribution in [0.25, 0.3) is 0 Å². The summed E-state index contributed by atoms with van der Waals surface area (Å²) in [6.07, 6.45) is -1.62. The zero-order valence-corrected chi connectivity index (χ0v) is 8.02. The van der Waals surface area contributed by atoms with Gasteiger partial charge in [0.1, 0.15) is 11.8 Å². The number of nitro groups is 1. The zero-order chi connectivity index (χ0) is 12.3. The third-order valence-corrected chi connectivity index (χ3v) is 1.78. The number of hydrogen-bond acceptors (Lipinski definition) is 5. The fourth-order valence-electron chi connectivity index (χ4n) is 1.09. The van der Waals surface area contributed by atoms with E-state index in [0.29, 0.717) is 6.20 Å². The summed E-state index contributed by atoms with van der Waals surface area (Å²) in [5, 5.41) is 10.5. The number of pyridine rings is 1. The van der Waals surface area contributed by atoms with E-state index in [2.05, 4.69) is 9.72 Å². The predicted molar refractivity (Wildman–Crippen MR) is 47.2 cm³/mol. The number of carbonyl (C=O) groups excluding carboxylic acids is 1. The molecular weight excluding hydrogens is 226 g/mol. The predicted octanol–water partition coefficient (Wildman–Crippen LogP) is 1.71. The van der Waals surface area contributed by atoms with E-state index in [-0.39, 0.29) is 0 Å². The highest BCUT2D eigenvalue weighted by Gasteiger charge is 2.29. The molecule has 0 fully saturated rings. The summed E-state index contributed by atoms with van der Waals surface area (Å²) in [6, 6.07) is 0. The van der Waals surface area contributed by atoms with Crippen LogP contribution in [0.2, 0.25) is 0 Å². The van der Waals surface area contributed by atoms with Crippen molar-refractivity contribution in [3.05, 3.63) is 33.6 Å². The van der Waals surface area contributed by atoms with Crippen LogP contribution in [-0.2, 0) is 4.74 Å². The minimum atomic E-state index is -3.04. The van der Waals surface area contributed by atoms with Gasteiger partial charge in [-0.2, -0.15) is 0 Å². The number of hydrogen-bond donors (Lipinski definition) is 0. The van der Waals surface area contributed by atoms with Crippen molar-refractivity contribution in [2.45, 2.75) is 6.43 Å². The Morgan fingerprint density at radius 3 is 2.62 bits per heavy atom. The second kappa shape index (κ2) is 4.60. The molecule has 0 radical (unpaired) electrons. The molecule has 86 valence electrons. The maximum atomic E-state index is 12.5. The first-order valence-corrected chi connectivity index (χ1v) is 3.97. The van der Waals surface area contributed by atoms with Gasteiger partial charge >= 0.3 is 11.7 Å². The minimum absolute atomic E-state index is 0.698. The Morgan fingerprint density at radius 2 is 2.19 bits per heavy atom. The van der Waals surface area contributed by atoms with Crippen molar-refractivity contribution in [2.75, 3.05) is 7.11 Å². The monoisotopic (exact) mass is 232 g/mol. The van der Waals surface area contributed by atoms with Gasteiger partial charge in [-0.1, -0.05) is 0 Å². The molecule has 0 aliphatic rings. The molecule has 0 aliphatic carbocycles. The van der Waals surface area contributed by atoms with Gasteiger partial charge in [-0.25, -0.2) is 13.6 Å². The van der Waals surface area contributed by atoms with Gasteiger partial charge in [0.15, 0.2) is 0 Å². The molecule has 0 aromatic carbocycles. The Hall–Kier alpha value is -2.12. The van der Waals surface area contributed by atoms with Gasteiger partial charge < -0.3 is 4.74 Å². The van der Waals surface area contributed by atoms with Crippen LogP contribution >= 0.6 is 0 Å². The Bertz CT molecular complexity index is 436. The van der Waals surface area contributed by atoms with E-state index in [1.165, 1.54) is 0 Å². The van der Waals surface area contributed by atoms with Gasteiger partial charge in [-0.05, 0) is 0 Å². The molecular formula is C8H6F2N2O4. The van der Waals surface area contributed by atoms with Crippen molar-refractivity contribution < 1.29 is 23.2 Å². The molecule has 8 heteroatoms. The maximum absolute atomic E-state index is 12.5. The van der Waals surface area contributed by atoms with Crippen molar-refractivity contribution in [3.63, 3.8) is 0 Å². The molecule has 0 bridgehead atoms. The third-order valence-electron chi connectivity index (χ3n) is 1.78. The average molecular weight is 232 g/mol. The van der Waals surface area contributed by atoms with Crippen LogP contribution in [0.1, 0.15) is 22.3 Å². The SMILES string of the molecule is COC(=O)c1c(C(F)F)cncc1[N+](=O)[O-]. The summed E-state index contributed by atoms with van der Waals surface area (Å²) < 4.78 is 29.2. The Morgan fingerprint density at radius 1 is 1.56 bits per heavy atom. The average Bonchev–Trinajstić information content (AvgIpc) is 2.26. The molecule has 0 saturated carbocycles. The molecule has 0 saturated heterocycles. The number of carbonyl (C=O) groups is 1. The standard InChI is InChI=1S/C8H6F2N2O4/c1-16-8(13)6-4(7(9)10)2-11-3-5(6)12(14)15/h2-3,7H,1H3. The summed E-state index contributed by atoms with van der Waals surface area (Å²) >= 11 is 0. The summed E-state index contributed by atoms with van der Waals surface area (Å²) in [5.74, 6) is -1.19. The number of alkyl halides is 2. The molecule has 1 aromatic rings. The van der Waals surface area contributed by atoms with E-state index in [0.717, 1.165) is 13.3 Å². The lowest BCUT2D eigenvalue weighted by Crippen LogP contribution is -2.10. The summed E-state index contributed by atoms with van der Waals surface area (Å²) in [6.45, 7) is 0. The van der Waals surface area contributed by atoms with Gasteiger partial charge in [-0.15, -0.1) is 0 Å². The lowest BCUT2D eigenvalue weighted by atomic mass is 10.1. The van der Waals surface area contributed by atoms with Gasteiger partial charge in [0.05, 0.1) is 17.6 Å².